The normalized spacial score (nSPS) is 13.6. The third-order valence-electron chi connectivity index (χ3n) is 4.95. The summed E-state index contributed by atoms with van der Waals surface area (Å²) >= 11 is 2.53. The summed E-state index contributed by atoms with van der Waals surface area (Å²) in [6.45, 7) is 2.04. The molecule has 0 atom stereocenters. The van der Waals surface area contributed by atoms with Crippen LogP contribution in [0.15, 0.2) is 42.5 Å². The van der Waals surface area contributed by atoms with Crippen molar-refractivity contribution in [3.8, 4) is 16.8 Å². The van der Waals surface area contributed by atoms with E-state index in [4.69, 9.17) is 4.55 Å². The van der Waals surface area contributed by atoms with Crippen LogP contribution in [0.3, 0.4) is 0 Å². The first-order valence-corrected chi connectivity index (χ1v) is 9.77. The highest BCUT2D eigenvalue weighted by Gasteiger charge is 2.38. The van der Waals surface area contributed by atoms with Crippen LogP contribution in [0.1, 0.15) is 35.7 Å². The zero-order valence-electron chi connectivity index (χ0n) is 16.9. The predicted molar refractivity (Wildman–Crippen MR) is 114 cm³/mol. The Kier molecular flexibility index (Phi) is 6.42. The van der Waals surface area contributed by atoms with Crippen LogP contribution in [0.25, 0.3) is 16.8 Å². The molecule has 1 aromatic heterocycles. The molecule has 2 aromatic carbocycles. The topological polar surface area (TPSA) is 54.2 Å². The molecule has 0 bridgehead atoms. The number of rotatable bonds is 4. The van der Waals surface area contributed by atoms with Crippen LogP contribution < -0.4 is 4.90 Å². The first kappa shape index (κ1) is 22.2. The van der Waals surface area contributed by atoms with Crippen LogP contribution in [0, 0.1) is 6.92 Å². The van der Waals surface area contributed by atoms with Crippen molar-refractivity contribution in [3.63, 3.8) is 0 Å². The molecule has 1 fully saturated rings. The number of alkyl halides is 3. The van der Waals surface area contributed by atoms with Gasteiger partial charge in [0.25, 0.3) is 5.82 Å². The molecule has 30 heavy (non-hydrogen) atoms. The fourth-order valence-electron chi connectivity index (χ4n) is 3.43. The fourth-order valence-corrected chi connectivity index (χ4v) is 3.43. The molecule has 3 aromatic rings. The van der Waals surface area contributed by atoms with Crippen LogP contribution >= 0.6 is 12.9 Å². The van der Waals surface area contributed by atoms with E-state index in [1.54, 1.807) is 19.0 Å². The number of nitrogens with zero attached hydrogens (tertiary/aromatic N) is 4. The molecule has 1 saturated carbocycles. The van der Waals surface area contributed by atoms with Crippen molar-refractivity contribution >= 4 is 18.9 Å². The number of hydrogen-bond donors (Lipinski definition) is 2. The molecule has 9 heteroatoms. The van der Waals surface area contributed by atoms with Gasteiger partial charge in [0.15, 0.2) is 0 Å². The summed E-state index contributed by atoms with van der Waals surface area (Å²) in [4.78, 5) is 5.31. The average Bonchev–Trinajstić information content (AvgIpc) is 3.46. The Morgan fingerprint density at radius 2 is 1.73 bits per heavy atom. The van der Waals surface area contributed by atoms with E-state index in [1.807, 2.05) is 43.3 Å². The van der Waals surface area contributed by atoms with Gasteiger partial charge in [0, 0.05) is 14.1 Å². The maximum Gasteiger partial charge on any atom is 0.453 e. The van der Waals surface area contributed by atoms with Crippen molar-refractivity contribution in [2.75, 3.05) is 19.0 Å². The lowest BCUT2D eigenvalue weighted by molar-refractivity contribution is -0.144. The quantitative estimate of drug-likeness (QED) is 0.413. The number of aryl methyl sites for hydroxylation is 1. The van der Waals surface area contributed by atoms with Crippen molar-refractivity contribution in [1.29, 1.82) is 0 Å². The van der Waals surface area contributed by atoms with Crippen LogP contribution in [0.2, 0.25) is 0 Å². The van der Waals surface area contributed by atoms with Gasteiger partial charge in [-0.15, -0.1) is 5.10 Å². The molecule has 0 radical (unpaired) electrons. The number of benzene rings is 2. The maximum absolute atomic E-state index is 13.3. The Bertz CT molecular complexity index is 1020. The highest BCUT2D eigenvalue weighted by Crippen LogP contribution is 2.45. The Balaban J connectivity index is 0.00000124. The molecular formula is C21H23F3N4OS. The Labute approximate surface area is 178 Å². The zero-order valence-corrected chi connectivity index (χ0v) is 17.7. The molecule has 160 valence electrons. The standard InChI is InChI=1S/C21H21F3N4.H2OS/c1-13-11-17(15-9-10-15)18(12-16(13)14-7-5-4-6-8-14)28-20(27(2)3)25-19(26-28)21(22,23)24;1-2/h4-8,11-12,15H,9-10H2,1-3H3;1-2H. The van der Waals surface area contributed by atoms with E-state index in [1.165, 1.54) is 4.68 Å². The van der Waals surface area contributed by atoms with Crippen LogP contribution in [-0.4, -0.2) is 33.4 Å². The highest BCUT2D eigenvalue weighted by molar-refractivity contribution is 7.74. The number of hydrogen-bond acceptors (Lipinski definition) is 5. The summed E-state index contributed by atoms with van der Waals surface area (Å²) < 4.78 is 47.9. The zero-order chi connectivity index (χ0) is 22.1. The lowest BCUT2D eigenvalue weighted by Crippen LogP contribution is -2.16. The SMILES string of the molecule is Cc1cc(C2CC2)c(-n2nc(C(F)(F)F)nc2N(C)C)cc1-c1ccccc1.OS. The summed E-state index contributed by atoms with van der Waals surface area (Å²) in [5.74, 6) is -0.607. The first-order valence-electron chi connectivity index (χ1n) is 9.37. The van der Waals surface area contributed by atoms with Crippen LogP contribution in [-0.2, 0) is 6.18 Å². The molecule has 1 aliphatic rings. The number of halogens is 3. The van der Waals surface area contributed by atoms with Gasteiger partial charge in [-0.05, 0) is 66.9 Å². The molecule has 1 aliphatic carbocycles. The molecule has 0 amide bonds. The fraction of sp³-hybridized carbons (Fsp3) is 0.333. The summed E-state index contributed by atoms with van der Waals surface area (Å²) in [5, 5.41) is 3.85. The molecule has 4 rings (SSSR count). The van der Waals surface area contributed by atoms with E-state index in [0.29, 0.717) is 11.6 Å². The number of anilines is 1. The third kappa shape index (κ3) is 4.46. The highest BCUT2D eigenvalue weighted by atomic mass is 32.1. The van der Waals surface area contributed by atoms with Gasteiger partial charge in [0.2, 0.25) is 5.95 Å². The van der Waals surface area contributed by atoms with Gasteiger partial charge < -0.3 is 9.45 Å². The Morgan fingerprint density at radius 3 is 2.27 bits per heavy atom. The molecule has 1 N–H and O–H groups in total. The van der Waals surface area contributed by atoms with Crippen LogP contribution in [0.5, 0.6) is 0 Å². The largest absolute Gasteiger partial charge is 0.453 e. The molecule has 1 heterocycles. The van der Waals surface area contributed by atoms with Gasteiger partial charge in [-0.3, -0.25) is 0 Å². The molecule has 0 unspecified atom stereocenters. The summed E-state index contributed by atoms with van der Waals surface area (Å²) in [6.07, 6.45) is -2.52. The molecule has 5 nitrogen and oxygen atoms in total. The molecule has 0 saturated heterocycles. The van der Waals surface area contributed by atoms with Gasteiger partial charge in [0.1, 0.15) is 0 Å². The monoisotopic (exact) mass is 436 g/mol. The van der Waals surface area contributed by atoms with E-state index in [2.05, 4.69) is 29.1 Å². The second-order valence-corrected chi connectivity index (χ2v) is 7.41. The average molecular weight is 437 g/mol. The van der Waals surface area contributed by atoms with E-state index in [0.717, 1.165) is 35.1 Å². The minimum Gasteiger partial charge on any atom is -0.347 e. The molecular weight excluding hydrogens is 413 g/mol. The smallest absolute Gasteiger partial charge is 0.347 e. The van der Waals surface area contributed by atoms with E-state index in [-0.39, 0.29) is 5.95 Å². The summed E-state index contributed by atoms with van der Waals surface area (Å²) in [7, 11) is 3.34. The summed E-state index contributed by atoms with van der Waals surface area (Å²) in [6, 6.07) is 13.9. The van der Waals surface area contributed by atoms with Crippen molar-refractivity contribution in [3.05, 3.63) is 59.4 Å². The van der Waals surface area contributed by atoms with Gasteiger partial charge in [-0.25, -0.2) is 0 Å². The lowest BCUT2D eigenvalue weighted by Gasteiger charge is -2.18. The van der Waals surface area contributed by atoms with Crippen molar-refractivity contribution in [2.24, 2.45) is 0 Å². The second kappa shape index (κ2) is 8.69. The number of thiol groups is 1. The Hall–Kier alpha value is -2.52. The lowest BCUT2D eigenvalue weighted by atomic mass is 9.95. The van der Waals surface area contributed by atoms with Crippen molar-refractivity contribution in [1.82, 2.24) is 14.8 Å². The maximum atomic E-state index is 13.3. The van der Waals surface area contributed by atoms with E-state index >= 15 is 0 Å². The minimum absolute atomic E-state index is 0.164. The van der Waals surface area contributed by atoms with Gasteiger partial charge in [-0.2, -0.15) is 22.8 Å². The van der Waals surface area contributed by atoms with Crippen molar-refractivity contribution in [2.45, 2.75) is 31.9 Å². The van der Waals surface area contributed by atoms with E-state index in [9.17, 15) is 13.2 Å². The second-order valence-electron chi connectivity index (χ2n) is 7.41. The minimum atomic E-state index is -4.59. The van der Waals surface area contributed by atoms with Gasteiger partial charge in [-0.1, -0.05) is 36.4 Å². The van der Waals surface area contributed by atoms with Crippen LogP contribution in [0.4, 0.5) is 19.1 Å². The predicted octanol–water partition coefficient (Wildman–Crippen LogP) is 5.59. The molecule has 0 spiro atoms. The number of aromatic nitrogens is 3. The summed E-state index contributed by atoms with van der Waals surface area (Å²) in [5.41, 5.74) is 4.79. The van der Waals surface area contributed by atoms with E-state index < -0.39 is 12.0 Å². The Morgan fingerprint density at radius 1 is 1.10 bits per heavy atom. The van der Waals surface area contributed by atoms with Crippen molar-refractivity contribution < 1.29 is 17.7 Å². The third-order valence-corrected chi connectivity index (χ3v) is 4.95. The van der Waals surface area contributed by atoms with Gasteiger partial charge >= 0.3 is 6.18 Å². The molecule has 0 aliphatic heterocycles. The van der Waals surface area contributed by atoms with Gasteiger partial charge in [0.05, 0.1) is 5.69 Å². The first-order chi connectivity index (χ1) is 14.3.